The van der Waals surface area contributed by atoms with Crippen LogP contribution in [-0.4, -0.2) is 24.5 Å². The monoisotopic (exact) mass is 218 g/mol. The lowest BCUT2D eigenvalue weighted by molar-refractivity contribution is 0.266. The maximum Gasteiger partial charge on any atom is 0.0372 e. The largest absolute Gasteiger partial charge is 0.385 e. The van der Waals surface area contributed by atoms with E-state index in [1.807, 2.05) is 0 Å². The van der Waals surface area contributed by atoms with Gasteiger partial charge in [0, 0.05) is 24.8 Å². The summed E-state index contributed by atoms with van der Waals surface area (Å²) >= 11 is 0. The van der Waals surface area contributed by atoms with E-state index < -0.39 is 0 Å². The summed E-state index contributed by atoms with van der Waals surface area (Å²) in [5.41, 5.74) is 4.25. The molecule has 2 rings (SSSR count). The molecule has 1 aromatic carbocycles. The van der Waals surface area contributed by atoms with Crippen molar-refractivity contribution in [1.82, 2.24) is 4.90 Å². The minimum absolute atomic E-state index is 0.606. The van der Waals surface area contributed by atoms with Crippen LogP contribution in [0.2, 0.25) is 0 Å². The van der Waals surface area contributed by atoms with Gasteiger partial charge in [-0.2, -0.15) is 0 Å². The molecular formula is C14H22N2. The summed E-state index contributed by atoms with van der Waals surface area (Å²) in [7, 11) is 2.18. The zero-order valence-electron chi connectivity index (χ0n) is 10.6. The molecule has 0 spiro atoms. The fraction of sp³-hybridized carbons (Fsp3) is 0.571. The molecule has 2 nitrogen and oxygen atoms in total. The minimum atomic E-state index is 0.606. The highest BCUT2D eigenvalue weighted by atomic mass is 15.1. The maximum absolute atomic E-state index is 3.45. The van der Waals surface area contributed by atoms with Crippen molar-refractivity contribution in [3.8, 4) is 0 Å². The Kier molecular flexibility index (Phi) is 3.49. The fourth-order valence-electron chi connectivity index (χ4n) is 2.10. The second-order valence-electron chi connectivity index (χ2n) is 5.03. The Hall–Kier alpha value is -1.02. The Morgan fingerprint density at radius 1 is 1.38 bits per heavy atom. The molecule has 1 aromatic rings. The van der Waals surface area contributed by atoms with Gasteiger partial charge in [0.1, 0.15) is 0 Å². The van der Waals surface area contributed by atoms with E-state index in [9.17, 15) is 0 Å². The third kappa shape index (κ3) is 2.56. The van der Waals surface area contributed by atoms with Gasteiger partial charge in [-0.05, 0) is 50.9 Å². The standard InChI is InChI=1S/C14H22N2/c1-11(2)16(3)10-12-6-7-14-13(9-12)5-4-8-15-14/h6-7,9,11,15H,4-5,8,10H2,1-3H3. The number of anilines is 1. The van der Waals surface area contributed by atoms with Gasteiger partial charge in [0.05, 0.1) is 0 Å². The summed E-state index contributed by atoms with van der Waals surface area (Å²) in [4.78, 5) is 2.37. The second-order valence-corrected chi connectivity index (χ2v) is 5.03. The molecular weight excluding hydrogens is 196 g/mol. The molecule has 1 heterocycles. The summed E-state index contributed by atoms with van der Waals surface area (Å²) in [5, 5.41) is 3.45. The van der Waals surface area contributed by atoms with Crippen molar-refractivity contribution in [2.24, 2.45) is 0 Å². The van der Waals surface area contributed by atoms with E-state index in [0.29, 0.717) is 6.04 Å². The lowest BCUT2D eigenvalue weighted by atomic mass is 10.0. The van der Waals surface area contributed by atoms with Gasteiger partial charge in [0.15, 0.2) is 0 Å². The molecule has 0 radical (unpaired) electrons. The molecule has 0 aromatic heterocycles. The Morgan fingerprint density at radius 3 is 2.94 bits per heavy atom. The van der Waals surface area contributed by atoms with E-state index >= 15 is 0 Å². The average Bonchev–Trinajstić information content (AvgIpc) is 2.28. The number of hydrogen-bond donors (Lipinski definition) is 1. The third-order valence-electron chi connectivity index (χ3n) is 3.42. The first-order valence-electron chi connectivity index (χ1n) is 6.23. The van der Waals surface area contributed by atoms with Gasteiger partial charge in [0.25, 0.3) is 0 Å². The first-order chi connectivity index (χ1) is 7.66. The number of nitrogens with one attached hydrogen (secondary N) is 1. The maximum atomic E-state index is 3.45. The van der Waals surface area contributed by atoms with Gasteiger partial charge < -0.3 is 5.32 Å². The SMILES string of the molecule is CC(C)N(C)Cc1ccc2c(c1)CCCN2. The lowest BCUT2D eigenvalue weighted by Crippen LogP contribution is -2.25. The molecule has 88 valence electrons. The number of aryl methyl sites for hydroxylation is 1. The Morgan fingerprint density at radius 2 is 2.19 bits per heavy atom. The van der Waals surface area contributed by atoms with Gasteiger partial charge in [-0.1, -0.05) is 12.1 Å². The van der Waals surface area contributed by atoms with Crippen LogP contribution in [0.25, 0.3) is 0 Å². The Bertz CT molecular complexity index is 358. The Balaban J connectivity index is 2.11. The van der Waals surface area contributed by atoms with Crippen LogP contribution in [0.15, 0.2) is 18.2 Å². The van der Waals surface area contributed by atoms with Crippen LogP contribution in [-0.2, 0) is 13.0 Å². The van der Waals surface area contributed by atoms with Crippen molar-refractivity contribution in [3.63, 3.8) is 0 Å². The van der Waals surface area contributed by atoms with Crippen molar-refractivity contribution in [2.75, 3.05) is 18.9 Å². The Labute approximate surface area is 98.7 Å². The molecule has 0 atom stereocenters. The number of nitrogens with zero attached hydrogens (tertiary/aromatic N) is 1. The normalized spacial score (nSPS) is 15.1. The molecule has 1 N–H and O–H groups in total. The quantitative estimate of drug-likeness (QED) is 0.839. The number of hydrogen-bond acceptors (Lipinski definition) is 2. The highest BCUT2D eigenvalue weighted by Crippen LogP contribution is 2.23. The highest BCUT2D eigenvalue weighted by molar-refractivity contribution is 5.54. The van der Waals surface area contributed by atoms with Crippen LogP contribution in [0.3, 0.4) is 0 Å². The van der Waals surface area contributed by atoms with Crippen molar-refractivity contribution < 1.29 is 0 Å². The highest BCUT2D eigenvalue weighted by Gasteiger charge is 2.10. The van der Waals surface area contributed by atoms with E-state index in [2.05, 4.69) is 49.3 Å². The van der Waals surface area contributed by atoms with E-state index in [0.717, 1.165) is 13.1 Å². The second kappa shape index (κ2) is 4.88. The van der Waals surface area contributed by atoms with Gasteiger partial charge in [0.2, 0.25) is 0 Å². The smallest absolute Gasteiger partial charge is 0.0372 e. The fourth-order valence-corrected chi connectivity index (χ4v) is 2.10. The summed E-state index contributed by atoms with van der Waals surface area (Å²) in [6, 6.07) is 7.45. The van der Waals surface area contributed by atoms with E-state index in [1.54, 1.807) is 0 Å². The van der Waals surface area contributed by atoms with Gasteiger partial charge >= 0.3 is 0 Å². The predicted molar refractivity (Wildman–Crippen MR) is 69.9 cm³/mol. The van der Waals surface area contributed by atoms with Crippen LogP contribution in [0, 0.1) is 0 Å². The van der Waals surface area contributed by atoms with Crippen molar-refractivity contribution in [1.29, 1.82) is 0 Å². The molecule has 0 fully saturated rings. The van der Waals surface area contributed by atoms with Gasteiger partial charge in [-0.15, -0.1) is 0 Å². The zero-order valence-corrected chi connectivity index (χ0v) is 10.6. The summed E-state index contributed by atoms with van der Waals surface area (Å²) in [5.74, 6) is 0. The van der Waals surface area contributed by atoms with Crippen LogP contribution < -0.4 is 5.32 Å². The topological polar surface area (TPSA) is 15.3 Å². The van der Waals surface area contributed by atoms with E-state index in [-0.39, 0.29) is 0 Å². The summed E-state index contributed by atoms with van der Waals surface area (Å²) in [6.45, 7) is 6.64. The van der Waals surface area contributed by atoms with Crippen LogP contribution in [0.4, 0.5) is 5.69 Å². The van der Waals surface area contributed by atoms with Crippen LogP contribution in [0.1, 0.15) is 31.4 Å². The van der Waals surface area contributed by atoms with E-state index in [1.165, 1.54) is 29.7 Å². The molecule has 0 amide bonds. The molecule has 0 aliphatic carbocycles. The van der Waals surface area contributed by atoms with Gasteiger partial charge in [-0.3, -0.25) is 4.90 Å². The van der Waals surface area contributed by atoms with E-state index in [4.69, 9.17) is 0 Å². The minimum Gasteiger partial charge on any atom is -0.385 e. The van der Waals surface area contributed by atoms with Crippen molar-refractivity contribution in [2.45, 2.75) is 39.3 Å². The zero-order chi connectivity index (χ0) is 11.5. The first kappa shape index (κ1) is 11.5. The van der Waals surface area contributed by atoms with Crippen LogP contribution >= 0.6 is 0 Å². The number of rotatable bonds is 3. The predicted octanol–water partition coefficient (Wildman–Crippen LogP) is 2.88. The van der Waals surface area contributed by atoms with Gasteiger partial charge in [-0.25, -0.2) is 0 Å². The molecule has 0 unspecified atom stereocenters. The van der Waals surface area contributed by atoms with Crippen molar-refractivity contribution >= 4 is 5.69 Å². The van der Waals surface area contributed by atoms with Crippen molar-refractivity contribution in [3.05, 3.63) is 29.3 Å². The average molecular weight is 218 g/mol. The summed E-state index contributed by atoms with van der Waals surface area (Å²) in [6.07, 6.45) is 2.48. The lowest BCUT2D eigenvalue weighted by Gasteiger charge is -2.23. The molecule has 0 saturated carbocycles. The summed E-state index contributed by atoms with van der Waals surface area (Å²) < 4.78 is 0. The van der Waals surface area contributed by atoms with Crippen LogP contribution in [0.5, 0.6) is 0 Å². The molecule has 0 saturated heterocycles. The molecule has 16 heavy (non-hydrogen) atoms. The molecule has 1 aliphatic rings. The molecule has 2 heteroatoms. The molecule has 0 bridgehead atoms. The molecule has 1 aliphatic heterocycles. The third-order valence-corrected chi connectivity index (χ3v) is 3.42. The first-order valence-corrected chi connectivity index (χ1v) is 6.23. The number of benzene rings is 1. The number of fused-ring (bicyclic) bond motifs is 1.